The zero-order chi connectivity index (χ0) is 14.7. The molecule has 0 radical (unpaired) electrons. The van der Waals surface area contributed by atoms with Gasteiger partial charge in [0.05, 0.1) is 22.6 Å². The zero-order valence-electron chi connectivity index (χ0n) is 10.6. The number of rotatable bonds is 2. The van der Waals surface area contributed by atoms with E-state index >= 15 is 0 Å². The molecule has 3 N–H and O–H groups in total. The van der Waals surface area contributed by atoms with Gasteiger partial charge >= 0.3 is 5.69 Å². The molecule has 20 heavy (non-hydrogen) atoms. The van der Waals surface area contributed by atoms with E-state index < -0.39 is 27.0 Å². The van der Waals surface area contributed by atoms with Gasteiger partial charge in [-0.15, -0.1) is 0 Å². The maximum atomic E-state index is 12.0. The highest BCUT2D eigenvalue weighted by atomic mass is 32.2. The van der Waals surface area contributed by atoms with Crippen LogP contribution in [-0.2, 0) is 15.4 Å². The van der Waals surface area contributed by atoms with Crippen LogP contribution in [0.1, 0.15) is 17.4 Å². The number of hydrogen-bond acceptors (Lipinski definition) is 5. The molecule has 0 saturated carbocycles. The second kappa shape index (κ2) is 3.69. The molecule has 3 rings (SSSR count). The third-order valence-corrected chi connectivity index (χ3v) is 5.52. The van der Waals surface area contributed by atoms with Crippen molar-refractivity contribution in [2.24, 2.45) is 5.73 Å². The first kappa shape index (κ1) is 12.9. The molecule has 0 bridgehead atoms. The highest BCUT2D eigenvalue weighted by Crippen LogP contribution is 2.32. The van der Waals surface area contributed by atoms with Gasteiger partial charge in [0.25, 0.3) is 5.91 Å². The average molecular weight is 296 g/mol. The maximum absolute atomic E-state index is 12.0. The lowest BCUT2D eigenvalue weighted by Crippen LogP contribution is -2.56. The van der Waals surface area contributed by atoms with Crippen molar-refractivity contribution in [3.05, 3.63) is 28.3 Å². The van der Waals surface area contributed by atoms with E-state index in [0.29, 0.717) is 5.52 Å². The molecule has 106 valence electrons. The number of carbonyl (C=O) groups excluding carboxylic acids is 1. The molecule has 0 aromatic carbocycles. The Morgan fingerprint density at radius 3 is 2.65 bits per heavy atom. The Kier molecular flexibility index (Phi) is 2.37. The van der Waals surface area contributed by atoms with Crippen LogP contribution in [0.5, 0.6) is 0 Å². The number of nitrogens with zero attached hydrogens (tertiary/aromatic N) is 2. The van der Waals surface area contributed by atoms with Crippen LogP contribution in [0.4, 0.5) is 0 Å². The minimum absolute atomic E-state index is 0.0392. The summed E-state index contributed by atoms with van der Waals surface area (Å²) in [5.41, 5.74) is 4.60. The van der Waals surface area contributed by atoms with Crippen LogP contribution in [-0.4, -0.2) is 40.4 Å². The highest BCUT2D eigenvalue weighted by molar-refractivity contribution is 7.92. The molecule has 0 aliphatic carbocycles. The zero-order valence-corrected chi connectivity index (χ0v) is 11.4. The standard InChI is InChI=1S/C11H12N4O4S/c1-11(4-20(18,19)5-11)15-7-3-2-6(8(12)16)13-9(7)14-10(15)17/h2-3H,4-5H2,1H3,(H2,12,16)(H,13,14,17). The van der Waals surface area contributed by atoms with E-state index in [9.17, 15) is 18.0 Å². The fourth-order valence-corrected chi connectivity index (χ4v) is 4.77. The Labute approximate surface area is 113 Å². The Bertz CT molecular complexity index is 881. The molecule has 3 heterocycles. The summed E-state index contributed by atoms with van der Waals surface area (Å²) in [5.74, 6) is -0.882. The normalized spacial score (nSPS) is 19.6. The summed E-state index contributed by atoms with van der Waals surface area (Å²) in [7, 11) is -3.09. The fourth-order valence-electron chi connectivity index (χ4n) is 2.70. The molecule has 1 fully saturated rings. The van der Waals surface area contributed by atoms with Gasteiger partial charge in [-0.1, -0.05) is 0 Å². The summed E-state index contributed by atoms with van der Waals surface area (Å²) in [6, 6.07) is 2.95. The molecule has 2 aromatic heterocycles. The van der Waals surface area contributed by atoms with Crippen molar-refractivity contribution >= 4 is 26.9 Å². The topological polar surface area (TPSA) is 128 Å². The van der Waals surface area contributed by atoms with Crippen LogP contribution < -0.4 is 11.4 Å². The summed E-state index contributed by atoms with van der Waals surface area (Å²) in [6.07, 6.45) is 0. The molecule has 0 unspecified atom stereocenters. The number of pyridine rings is 1. The second-order valence-electron chi connectivity index (χ2n) is 5.22. The van der Waals surface area contributed by atoms with Crippen molar-refractivity contribution in [3.8, 4) is 0 Å². The summed E-state index contributed by atoms with van der Waals surface area (Å²) < 4.78 is 24.1. The van der Waals surface area contributed by atoms with E-state index in [1.807, 2.05) is 0 Å². The number of imidazole rings is 1. The first-order valence-corrected chi connectivity index (χ1v) is 7.66. The van der Waals surface area contributed by atoms with Gasteiger partial charge in [0.2, 0.25) is 0 Å². The van der Waals surface area contributed by atoms with Crippen molar-refractivity contribution in [2.45, 2.75) is 12.5 Å². The van der Waals surface area contributed by atoms with Gasteiger partial charge in [0, 0.05) is 0 Å². The van der Waals surface area contributed by atoms with Crippen LogP contribution >= 0.6 is 0 Å². The van der Waals surface area contributed by atoms with Gasteiger partial charge in [-0.2, -0.15) is 0 Å². The minimum Gasteiger partial charge on any atom is -0.364 e. The molecule has 0 atom stereocenters. The van der Waals surface area contributed by atoms with Gasteiger partial charge in [0.1, 0.15) is 5.69 Å². The van der Waals surface area contributed by atoms with Crippen LogP contribution in [0.25, 0.3) is 11.2 Å². The van der Waals surface area contributed by atoms with Gasteiger partial charge in [-0.05, 0) is 19.1 Å². The number of fused-ring (bicyclic) bond motifs is 1. The van der Waals surface area contributed by atoms with Crippen molar-refractivity contribution < 1.29 is 13.2 Å². The summed E-state index contributed by atoms with van der Waals surface area (Å²) in [6.45, 7) is 1.70. The highest BCUT2D eigenvalue weighted by Gasteiger charge is 2.47. The number of sulfone groups is 1. The number of nitrogens with one attached hydrogen (secondary N) is 1. The summed E-state index contributed by atoms with van der Waals surface area (Å²) in [4.78, 5) is 29.6. The number of H-pyrrole nitrogens is 1. The molecule has 1 amide bonds. The lowest BCUT2D eigenvalue weighted by molar-refractivity contribution is 0.0996. The fraction of sp³-hybridized carbons (Fsp3) is 0.364. The number of hydrogen-bond donors (Lipinski definition) is 2. The van der Waals surface area contributed by atoms with E-state index in [2.05, 4.69) is 9.97 Å². The van der Waals surface area contributed by atoms with Crippen LogP contribution in [0.3, 0.4) is 0 Å². The predicted octanol–water partition coefficient (Wildman–Crippen LogP) is -1.03. The van der Waals surface area contributed by atoms with Crippen LogP contribution in [0.2, 0.25) is 0 Å². The first-order valence-electron chi connectivity index (χ1n) is 5.84. The molecule has 0 spiro atoms. The smallest absolute Gasteiger partial charge is 0.328 e. The molecule has 2 aromatic rings. The van der Waals surface area contributed by atoms with Crippen LogP contribution in [0.15, 0.2) is 16.9 Å². The number of aromatic amines is 1. The number of nitrogens with two attached hydrogens (primary N) is 1. The van der Waals surface area contributed by atoms with E-state index in [1.165, 1.54) is 16.7 Å². The predicted molar refractivity (Wildman–Crippen MR) is 71.2 cm³/mol. The Hall–Kier alpha value is -2.16. The number of primary amides is 1. The Morgan fingerprint density at radius 1 is 1.45 bits per heavy atom. The number of aromatic nitrogens is 3. The van der Waals surface area contributed by atoms with Crippen molar-refractivity contribution in [1.82, 2.24) is 14.5 Å². The molecule has 8 nitrogen and oxygen atoms in total. The van der Waals surface area contributed by atoms with Gasteiger partial charge in [-0.3, -0.25) is 14.3 Å². The quantitative estimate of drug-likeness (QED) is 0.732. The minimum atomic E-state index is -3.09. The summed E-state index contributed by atoms with van der Waals surface area (Å²) >= 11 is 0. The Morgan fingerprint density at radius 2 is 2.10 bits per heavy atom. The molecular weight excluding hydrogens is 284 g/mol. The van der Waals surface area contributed by atoms with E-state index in [1.54, 1.807) is 6.92 Å². The lowest BCUT2D eigenvalue weighted by Gasteiger charge is -2.38. The van der Waals surface area contributed by atoms with E-state index in [-0.39, 0.29) is 22.8 Å². The monoisotopic (exact) mass is 296 g/mol. The summed E-state index contributed by atoms with van der Waals surface area (Å²) in [5, 5.41) is 0. The SMILES string of the molecule is CC1(n2c(=O)[nH]c3nc(C(N)=O)ccc32)CS(=O)(=O)C1. The second-order valence-corrected chi connectivity index (χ2v) is 7.29. The lowest BCUT2D eigenvalue weighted by atomic mass is 10.1. The van der Waals surface area contributed by atoms with Gasteiger partial charge in [0.15, 0.2) is 15.5 Å². The van der Waals surface area contributed by atoms with Crippen molar-refractivity contribution in [1.29, 1.82) is 0 Å². The van der Waals surface area contributed by atoms with Crippen LogP contribution in [0, 0.1) is 0 Å². The van der Waals surface area contributed by atoms with Crippen molar-refractivity contribution in [2.75, 3.05) is 11.5 Å². The third kappa shape index (κ3) is 1.73. The maximum Gasteiger partial charge on any atom is 0.328 e. The van der Waals surface area contributed by atoms with E-state index in [4.69, 9.17) is 5.73 Å². The number of amides is 1. The third-order valence-electron chi connectivity index (χ3n) is 3.40. The largest absolute Gasteiger partial charge is 0.364 e. The molecule has 1 aliphatic rings. The molecule has 9 heteroatoms. The van der Waals surface area contributed by atoms with E-state index in [0.717, 1.165) is 0 Å². The Balaban J connectivity index is 2.20. The van der Waals surface area contributed by atoms with Gasteiger partial charge in [-0.25, -0.2) is 18.2 Å². The molecule has 1 aliphatic heterocycles. The average Bonchev–Trinajstić information content (AvgIpc) is 2.60. The molecular formula is C11H12N4O4S. The van der Waals surface area contributed by atoms with Crippen molar-refractivity contribution in [3.63, 3.8) is 0 Å². The van der Waals surface area contributed by atoms with Gasteiger partial charge < -0.3 is 5.73 Å². The first-order chi connectivity index (χ1) is 9.22. The molecule has 1 saturated heterocycles. The number of carbonyl (C=O) groups is 1.